The summed E-state index contributed by atoms with van der Waals surface area (Å²) in [4.78, 5) is 22.8. The highest BCUT2D eigenvalue weighted by molar-refractivity contribution is 5.91. The largest absolute Gasteiger partial charge is 0.437 e. The quantitative estimate of drug-likeness (QED) is 0.700. The van der Waals surface area contributed by atoms with Crippen LogP contribution in [0.1, 0.15) is 11.6 Å². The fourth-order valence-electron chi connectivity index (χ4n) is 1.91. The van der Waals surface area contributed by atoms with Gasteiger partial charge in [-0.05, 0) is 12.1 Å². The predicted molar refractivity (Wildman–Crippen MR) is 78.3 cm³/mol. The number of para-hydroxylation sites is 2. The van der Waals surface area contributed by atoms with E-state index in [9.17, 15) is 4.79 Å². The predicted octanol–water partition coefficient (Wildman–Crippen LogP) is 1.92. The standard InChI is InChI=1S/C15H14N4O2/c20-14(17-8-7-11-9-16-10-18-11)5-6-15-19-12-3-1-2-4-13(12)21-15/h1-6,9-10H,7-8H2,(H,16,18)(H,17,20). The highest BCUT2D eigenvalue weighted by atomic mass is 16.3. The van der Waals surface area contributed by atoms with Crippen LogP contribution in [0.25, 0.3) is 17.2 Å². The van der Waals surface area contributed by atoms with Crippen molar-refractivity contribution >= 4 is 23.1 Å². The molecule has 0 spiro atoms. The smallest absolute Gasteiger partial charge is 0.244 e. The summed E-state index contributed by atoms with van der Waals surface area (Å²) in [5, 5.41) is 2.78. The van der Waals surface area contributed by atoms with Crippen LogP contribution in [0.4, 0.5) is 0 Å². The molecule has 0 aliphatic rings. The Kier molecular flexibility index (Phi) is 3.77. The van der Waals surface area contributed by atoms with Crippen molar-refractivity contribution in [2.24, 2.45) is 0 Å². The van der Waals surface area contributed by atoms with Gasteiger partial charge in [-0.3, -0.25) is 4.79 Å². The van der Waals surface area contributed by atoms with Crippen LogP contribution in [0.2, 0.25) is 0 Å². The second-order valence-corrected chi connectivity index (χ2v) is 4.47. The van der Waals surface area contributed by atoms with Gasteiger partial charge in [0.05, 0.1) is 6.33 Å². The zero-order valence-corrected chi connectivity index (χ0v) is 11.2. The van der Waals surface area contributed by atoms with Crippen LogP contribution < -0.4 is 5.32 Å². The van der Waals surface area contributed by atoms with Crippen LogP contribution in [-0.4, -0.2) is 27.4 Å². The van der Waals surface area contributed by atoms with E-state index in [1.54, 1.807) is 18.6 Å². The Morgan fingerprint density at radius 2 is 2.29 bits per heavy atom. The molecular formula is C15H14N4O2. The number of aromatic amines is 1. The van der Waals surface area contributed by atoms with Crippen molar-refractivity contribution < 1.29 is 9.21 Å². The van der Waals surface area contributed by atoms with Crippen molar-refractivity contribution in [2.75, 3.05) is 6.54 Å². The fraction of sp³-hybridized carbons (Fsp3) is 0.133. The molecule has 6 nitrogen and oxygen atoms in total. The summed E-state index contributed by atoms with van der Waals surface area (Å²) in [6, 6.07) is 7.47. The Bertz CT molecular complexity index is 726. The minimum atomic E-state index is -0.184. The third kappa shape index (κ3) is 3.36. The number of hydrogen-bond acceptors (Lipinski definition) is 4. The normalized spacial score (nSPS) is 11.2. The van der Waals surface area contributed by atoms with Crippen LogP contribution in [0.5, 0.6) is 0 Å². The van der Waals surface area contributed by atoms with Gasteiger partial charge in [0.2, 0.25) is 11.8 Å². The van der Waals surface area contributed by atoms with Crippen molar-refractivity contribution in [3.05, 3.63) is 54.5 Å². The van der Waals surface area contributed by atoms with Crippen molar-refractivity contribution in [2.45, 2.75) is 6.42 Å². The lowest BCUT2D eigenvalue weighted by Gasteiger charge is -1.99. The molecule has 2 N–H and O–H groups in total. The molecule has 1 aromatic carbocycles. The highest BCUT2D eigenvalue weighted by Crippen LogP contribution is 2.15. The number of rotatable bonds is 5. The number of oxazole rings is 1. The highest BCUT2D eigenvalue weighted by Gasteiger charge is 2.02. The second kappa shape index (κ2) is 6.04. The molecule has 3 aromatic rings. The molecule has 6 heteroatoms. The second-order valence-electron chi connectivity index (χ2n) is 4.47. The lowest BCUT2D eigenvalue weighted by Crippen LogP contribution is -2.23. The van der Waals surface area contributed by atoms with Crippen LogP contribution in [0.3, 0.4) is 0 Å². The van der Waals surface area contributed by atoms with E-state index >= 15 is 0 Å². The number of aromatic nitrogens is 3. The van der Waals surface area contributed by atoms with E-state index in [-0.39, 0.29) is 5.91 Å². The Morgan fingerprint density at radius 1 is 1.38 bits per heavy atom. The number of amides is 1. The molecule has 0 saturated heterocycles. The first-order valence-corrected chi connectivity index (χ1v) is 6.60. The van der Waals surface area contributed by atoms with Crippen LogP contribution in [0.15, 0.2) is 47.3 Å². The number of hydrogen-bond donors (Lipinski definition) is 2. The lowest BCUT2D eigenvalue weighted by molar-refractivity contribution is -0.116. The molecule has 0 fully saturated rings. The van der Waals surface area contributed by atoms with Gasteiger partial charge >= 0.3 is 0 Å². The number of carbonyl (C=O) groups is 1. The molecule has 0 atom stereocenters. The van der Waals surface area contributed by atoms with Gasteiger partial charge in [0.1, 0.15) is 5.52 Å². The van der Waals surface area contributed by atoms with Crippen LogP contribution in [0, 0.1) is 0 Å². The fourth-order valence-corrected chi connectivity index (χ4v) is 1.91. The summed E-state index contributed by atoms with van der Waals surface area (Å²) in [7, 11) is 0. The average Bonchev–Trinajstić information content (AvgIpc) is 3.13. The third-order valence-corrected chi connectivity index (χ3v) is 2.94. The summed E-state index contributed by atoms with van der Waals surface area (Å²) in [6.45, 7) is 0.541. The molecule has 0 unspecified atom stereocenters. The summed E-state index contributed by atoms with van der Waals surface area (Å²) in [5.41, 5.74) is 2.46. The Balaban J connectivity index is 1.54. The van der Waals surface area contributed by atoms with Crippen LogP contribution in [-0.2, 0) is 11.2 Å². The van der Waals surface area contributed by atoms with Gasteiger partial charge in [0.25, 0.3) is 0 Å². The number of nitrogens with one attached hydrogen (secondary N) is 2. The van der Waals surface area contributed by atoms with Gasteiger partial charge in [0.15, 0.2) is 5.58 Å². The molecule has 0 aliphatic carbocycles. The molecule has 1 amide bonds. The van der Waals surface area contributed by atoms with Crippen LogP contribution >= 0.6 is 0 Å². The van der Waals surface area contributed by atoms with Crippen molar-refractivity contribution in [3.63, 3.8) is 0 Å². The summed E-state index contributed by atoms with van der Waals surface area (Å²) >= 11 is 0. The number of carbonyl (C=O) groups excluding carboxylic acids is 1. The van der Waals surface area contributed by atoms with Gasteiger partial charge in [-0.2, -0.15) is 0 Å². The van der Waals surface area contributed by atoms with E-state index in [0.29, 0.717) is 24.4 Å². The van der Waals surface area contributed by atoms with Crippen molar-refractivity contribution in [1.29, 1.82) is 0 Å². The number of imidazole rings is 1. The zero-order valence-electron chi connectivity index (χ0n) is 11.2. The van der Waals surface area contributed by atoms with Gasteiger partial charge < -0.3 is 14.7 Å². The van der Waals surface area contributed by atoms with Gasteiger partial charge in [-0.25, -0.2) is 9.97 Å². The molecule has 2 heterocycles. The average molecular weight is 282 g/mol. The lowest BCUT2D eigenvalue weighted by atomic mass is 10.3. The first-order valence-electron chi connectivity index (χ1n) is 6.60. The molecule has 3 rings (SSSR count). The topological polar surface area (TPSA) is 83.8 Å². The SMILES string of the molecule is O=C(C=Cc1nc2ccccc2o1)NCCc1cnc[nH]1. The molecule has 0 aliphatic heterocycles. The van der Waals surface area contributed by atoms with E-state index < -0.39 is 0 Å². The zero-order chi connectivity index (χ0) is 14.5. The number of fused-ring (bicyclic) bond motifs is 1. The van der Waals surface area contributed by atoms with E-state index in [1.165, 1.54) is 6.08 Å². The molecule has 0 saturated carbocycles. The minimum absolute atomic E-state index is 0.184. The molecule has 106 valence electrons. The summed E-state index contributed by atoms with van der Waals surface area (Å²) in [6.07, 6.45) is 7.04. The van der Waals surface area contributed by atoms with E-state index in [0.717, 1.165) is 11.2 Å². The first-order chi connectivity index (χ1) is 10.3. The maximum Gasteiger partial charge on any atom is 0.244 e. The van der Waals surface area contributed by atoms with Crippen molar-refractivity contribution in [3.8, 4) is 0 Å². The van der Waals surface area contributed by atoms with Gasteiger partial charge in [-0.15, -0.1) is 0 Å². The third-order valence-electron chi connectivity index (χ3n) is 2.94. The summed E-state index contributed by atoms with van der Waals surface area (Å²) in [5.74, 6) is 0.233. The number of benzene rings is 1. The number of nitrogens with zero attached hydrogens (tertiary/aromatic N) is 2. The van der Waals surface area contributed by atoms with Crippen molar-refractivity contribution in [1.82, 2.24) is 20.3 Å². The monoisotopic (exact) mass is 282 g/mol. The maximum absolute atomic E-state index is 11.7. The molecule has 21 heavy (non-hydrogen) atoms. The van der Waals surface area contributed by atoms with E-state index in [1.807, 2.05) is 24.3 Å². The maximum atomic E-state index is 11.7. The summed E-state index contributed by atoms with van der Waals surface area (Å²) < 4.78 is 5.49. The Labute approximate surface area is 120 Å². The van der Waals surface area contributed by atoms with Gasteiger partial charge in [-0.1, -0.05) is 12.1 Å². The minimum Gasteiger partial charge on any atom is -0.437 e. The molecule has 0 bridgehead atoms. The molecular weight excluding hydrogens is 268 g/mol. The first kappa shape index (κ1) is 13.1. The number of H-pyrrole nitrogens is 1. The van der Waals surface area contributed by atoms with E-state index in [2.05, 4.69) is 20.3 Å². The molecule has 0 radical (unpaired) electrons. The Morgan fingerprint density at radius 3 is 3.10 bits per heavy atom. The molecule has 2 aromatic heterocycles. The van der Waals surface area contributed by atoms with E-state index in [4.69, 9.17) is 4.42 Å². The Hall–Kier alpha value is -2.89. The van der Waals surface area contributed by atoms with Gasteiger partial charge in [0, 0.05) is 37.0 Å².